The minimum Gasteiger partial charge on any atom is -0.338 e. The summed E-state index contributed by atoms with van der Waals surface area (Å²) in [5.41, 5.74) is 0.860. The third-order valence-electron chi connectivity index (χ3n) is 4.77. The van der Waals surface area contributed by atoms with E-state index in [1.807, 2.05) is 42.2 Å². The van der Waals surface area contributed by atoms with Gasteiger partial charge in [-0.1, -0.05) is 43.1 Å². The number of anilines is 1. The molecule has 2 aromatic rings. The number of piperazine rings is 1. The fraction of sp³-hybridized carbons (Fsp3) is 0.556. The standard InChI is InChI=1S/C18H26N6O3S/c1-2-3-7-14-28(26,27)15-17(25)22-10-12-23(13-11-22)18-19-20-21-24(18)16-8-5-4-6-9-16/h4-6,8-9H,2-3,7,10-15H2,1H3. The van der Waals surface area contributed by atoms with Gasteiger partial charge in [0, 0.05) is 26.2 Å². The van der Waals surface area contributed by atoms with Crippen LogP contribution in [-0.2, 0) is 14.6 Å². The van der Waals surface area contributed by atoms with Gasteiger partial charge in [0.1, 0.15) is 5.75 Å². The summed E-state index contributed by atoms with van der Waals surface area (Å²) >= 11 is 0. The van der Waals surface area contributed by atoms with E-state index in [-0.39, 0.29) is 11.7 Å². The van der Waals surface area contributed by atoms with Crippen LogP contribution in [0.2, 0.25) is 0 Å². The van der Waals surface area contributed by atoms with Crippen LogP contribution in [-0.4, -0.2) is 77.1 Å². The van der Waals surface area contributed by atoms with Crippen molar-refractivity contribution in [2.75, 3.05) is 42.6 Å². The summed E-state index contributed by atoms with van der Waals surface area (Å²) in [5, 5.41) is 11.9. The van der Waals surface area contributed by atoms with E-state index in [1.54, 1.807) is 9.58 Å². The third-order valence-corrected chi connectivity index (χ3v) is 6.37. The molecule has 10 heteroatoms. The first-order valence-electron chi connectivity index (χ1n) is 9.57. The Kier molecular flexibility index (Phi) is 6.61. The van der Waals surface area contributed by atoms with Crippen LogP contribution in [0.25, 0.3) is 5.69 Å². The van der Waals surface area contributed by atoms with E-state index in [9.17, 15) is 13.2 Å². The fourth-order valence-electron chi connectivity index (χ4n) is 3.20. The molecule has 0 spiro atoms. The molecule has 0 unspecified atom stereocenters. The molecule has 1 aliphatic rings. The molecule has 1 saturated heterocycles. The zero-order valence-corrected chi connectivity index (χ0v) is 16.9. The molecule has 0 radical (unpaired) electrons. The molecule has 1 fully saturated rings. The SMILES string of the molecule is CCCCCS(=O)(=O)CC(=O)N1CCN(c2nnnn2-c2ccccc2)CC1. The van der Waals surface area contributed by atoms with Crippen LogP contribution < -0.4 is 4.90 Å². The molecular weight excluding hydrogens is 380 g/mol. The number of unbranched alkanes of at least 4 members (excludes halogenated alkanes) is 2. The molecule has 1 aromatic heterocycles. The molecule has 0 atom stereocenters. The summed E-state index contributed by atoms with van der Waals surface area (Å²) in [6.07, 6.45) is 2.43. The van der Waals surface area contributed by atoms with Gasteiger partial charge in [0.2, 0.25) is 11.9 Å². The monoisotopic (exact) mass is 406 g/mol. The van der Waals surface area contributed by atoms with Crippen LogP contribution in [0.1, 0.15) is 26.2 Å². The number of para-hydroxylation sites is 1. The van der Waals surface area contributed by atoms with Gasteiger partial charge < -0.3 is 9.80 Å². The summed E-state index contributed by atoms with van der Waals surface area (Å²) in [5.74, 6) is -0.0269. The molecule has 9 nitrogen and oxygen atoms in total. The number of amides is 1. The molecule has 0 aliphatic carbocycles. The zero-order chi connectivity index (χ0) is 20.0. The average molecular weight is 407 g/mol. The first-order valence-corrected chi connectivity index (χ1v) is 11.4. The smallest absolute Gasteiger partial charge is 0.250 e. The lowest BCUT2D eigenvalue weighted by Crippen LogP contribution is -2.51. The highest BCUT2D eigenvalue weighted by atomic mass is 32.2. The fourth-order valence-corrected chi connectivity index (χ4v) is 4.54. The van der Waals surface area contributed by atoms with Gasteiger partial charge in [-0.15, -0.1) is 0 Å². The molecule has 0 saturated carbocycles. The largest absolute Gasteiger partial charge is 0.338 e. The van der Waals surface area contributed by atoms with Gasteiger partial charge in [-0.05, 0) is 29.0 Å². The molecular formula is C18H26N6O3S. The second-order valence-electron chi connectivity index (χ2n) is 6.89. The Balaban J connectivity index is 1.57. The van der Waals surface area contributed by atoms with Crippen LogP contribution in [0.3, 0.4) is 0 Å². The summed E-state index contributed by atoms with van der Waals surface area (Å²) in [7, 11) is -3.34. The second kappa shape index (κ2) is 9.13. The molecule has 0 bridgehead atoms. The number of hydrogen-bond donors (Lipinski definition) is 0. The highest BCUT2D eigenvalue weighted by Gasteiger charge is 2.27. The lowest BCUT2D eigenvalue weighted by Gasteiger charge is -2.34. The Hall–Kier alpha value is -2.49. The van der Waals surface area contributed by atoms with Gasteiger partial charge in [0.25, 0.3) is 0 Å². The van der Waals surface area contributed by atoms with E-state index in [0.717, 1.165) is 18.5 Å². The number of tetrazole rings is 1. The van der Waals surface area contributed by atoms with Crippen molar-refractivity contribution in [3.05, 3.63) is 30.3 Å². The average Bonchev–Trinajstić information content (AvgIpc) is 3.18. The molecule has 1 aliphatic heterocycles. The number of nitrogens with zero attached hydrogens (tertiary/aromatic N) is 6. The quantitative estimate of drug-likeness (QED) is 0.601. The maximum Gasteiger partial charge on any atom is 0.250 e. The van der Waals surface area contributed by atoms with Crippen LogP contribution in [0, 0.1) is 0 Å². The van der Waals surface area contributed by atoms with Gasteiger partial charge in [-0.2, -0.15) is 4.68 Å². The van der Waals surface area contributed by atoms with Gasteiger partial charge in [-0.25, -0.2) is 8.42 Å². The highest BCUT2D eigenvalue weighted by molar-refractivity contribution is 7.92. The number of carbonyl (C=O) groups excluding carboxylic acids is 1. The van der Waals surface area contributed by atoms with Crippen LogP contribution in [0.15, 0.2) is 30.3 Å². The Bertz CT molecular complexity index is 876. The summed E-state index contributed by atoms with van der Waals surface area (Å²) in [6.45, 7) is 4.02. The Morgan fingerprint density at radius 3 is 2.46 bits per heavy atom. The van der Waals surface area contributed by atoms with Crippen LogP contribution in [0.4, 0.5) is 5.95 Å². The lowest BCUT2D eigenvalue weighted by atomic mass is 10.3. The predicted octanol–water partition coefficient (Wildman–Crippen LogP) is 0.916. The lowest BCUT2D eigenvalue weighted by molar-refractivity contribution is -0.128. The number of aromatic nitrogens is 4. The van der Waals surface area contributed by atoms with Crippen molar-refractivity contribution in [2.24, 2.45) is 0 Å². The van der Waals surface area contributed by atoms with Gasteiger partial charge in [0.15, 0.2) is 9.84 Å². The molecule has 152 valence electrons. The van der Waals surface area contributed by atoms with Crippen molar-refractivity contribution >= 4 is 21.7 Å². The molecule has 3 rings (SSSR count). The molecule has 1 amide bonds. The molecule has 2 heterocycles. The van der Waals surface area contributed by atoms with Crippen molar-refractivity contribution in [3.63, 3.8) is 0 Å². The minimum atomic E-state index is -3.34. The third kappa shape index (κ3) is 5.06. The first kappa shape index (κ1) is 20.2. The number of carbonyl (C=O) groups is 1. The first-order chi connectivity index (χ1) is 13.5. The molecule has 0 N–H and O–H groups in total. The van der Waals surface area contributed by atoms with E-state index in [1.165, 1.54) is 0 Å². The van der Waals surface area contributed by atoms with E-state index < -0.39 is 15.6 Å². The number of hydrogen-bond acceptors (Lipinski definition) is 7. The summed E-state index contributed by atoms with van der Waals surface area (Å²) in [4.78, 5) is 16.0. The number of rotatable bonds is 8. The zero-order valence-electron chi connectivity index (χ0n) is 16.1. The maximum absolute atomic E-state index is 12.4. The van der Waals surface area contributed by atoms with Crippen LogP contribution in [0.5, 0.6) is 0 Å². The van der Waals surface area contributed by atoms with Gasteiger partial charge in [0.05, 0.1) is 11.4 Å². The van der Waals surface area contributed by atoms with Crippen LogP contribution >= 0.6 is 0 Å². The molecule has 28 heavy (non-hydrogen) atoms. The number of sulfone groups is 1. The summed E-state index contributed by atoms with van der Waals surface area (Å²) < 4.78 is 25.9. The van der Waals surface area contributed by atoms with Crippen molar-refractivity contribution in [1.29, 1.82) is 0 Å². The summed E-state index contributed by atoms with van der Waals surface area (Å²) in [6, 6.07) is 9.59. The van der Waals surface area contributed by atoms with Crippen molar-refractivity contribution < 1.29 is 13.2 Å². The van der Waals surface area contributed by atoms with E-state index in [2.05, 4.69) is 15.5 Å². The topological polar surface area (TPSA) is 101 Å². The maximum atomic E-state index is 12.4. The van der Waals surface area contributed by atoms with Crippen molar-refractivity contribution in [3.8, 4) is 5.69 Å². The second-order valence-corrected chi connectivity index (χ2v) is 9.08. The van der Waals surface area contributed by atoms with Gasteiger partial charge >= 0.3 is 0 Å². The molecule has 1 aromatic carbocycles. The van der Waals surface area contributed by atoms with Gasteiger partial charge in [-0.3, -0.25) is 4.79 Å². The number of benzene rings is 1. The van der Waals surface area contributed by atoms with E-state index in [4.69, 9.17) is 0 Å². The van der Waals surface area contributed by atoms with Crippen molar-refractivity contribution in [2.45, 2.75) is 26.2 Å². The normalized spacial score (nSPS) is 15.0. The Labute approximate surface area is 165 Å². The van der Waals surface area contributed by atoms with E-state index >= 15 is 0 Å². The minimum absolute atomic E-state index is 0.0817. The van der Waals surface area contributed by atoms with Crippen molar-refractivity contribution in [1.82, 2.24) is 25.1 Å². The Morgan fingerprint density at radius 2 is 1.79 bits per heavy atom. The predicted molar refractivity (Wildman–Crippen MR) is 106 cm³/mol. The van der Waals surface area contributed by atoms with E-state index in [0.29, 0.717) is 38.5 Å². The Morgan fingerprint density at radius 1 is 1.07 bits per heavy atom. The highest BCUT2D eigenvalue weighted by Crippen LogP contribution is 2.17.